The minimum Gasteiger partial charge on any atom is -0.345 e. The average molecular weight is 264 g/mol. The van der Waals surface area contributed by atoms with Crippen LogP contribution in [0.4, 0.5) is 8.78 Å². The van der Waals surface area contributed by atoms with E-state index in [4.69, 9.17) is 0 Å². The van der Waals surface area contributed by atoms with Gasteiger partial charge in [-0.3, -0.25) is 4.79 Å². The second kappa shape index (κ2) is 4.04. The summed E-state index contributed by atoms with van der Waals surface area (Å²) in [5, 5.41) is 0. The number of nitrogens with zero attached hydrogens (tertiary/aromatic N) is 1. The molecule has 0 aliphatic heterocycles. The van der Waals surface area contributed by atoms with Crippen LogP contribution in [0.2, 0.25) is 0 Å². The standard InChI is InChI=1S/C9H8BrF2NO/c1-13(2)9(14)7-5(10)3-4-6(11)8(7)12/h3-4H,1-2H3. The Hall–Kier alpha value is -0.970. The second-order valence-corrected chi connectivity index (χ2v) is 3.77. The number of carbonyl (C=O) groups is 1. The number of rotatable bonds is 1. The number of carbonyl (C=O) groups excluding carboxylic acids is 1. The number of hydrogen-bond donors (Lipinski definition) is 0. The Kier molecular flexibility index (Phi) is 3.21. The number of halogens is 3. The van der Waals surface area contributed by atoms with Gasteiger partial charge in [-0.25, -0.2) is 8.78 Å². The third kappa shape index (κ3) is 1.92. The molecule has 0 aromatic heterocycles. The highest BCUT2D eigenvalue weighted by atomic mass is 79.9. The van der Waals surface area contributed by atoms with Gasteiger partial charge in [0.25, 0.3) is 5.91 Å². The van der Waals surface area contributed by atoms with Gasteiger partial charge in [0.05, 0.1) is 5.56 Å². The van der Waals surface area contributed by atoms with Crippen LogP contribution in [0, 0.1) is 11.6 Å². The van der Waals surface area contributed by atoms with Crippen molar-refractivity contribution in [3.05, 3.63) is 33.8 Å². The molecule has 0 aliphatic rings. The maximum Gasteiger partial charge on any atom is 0.257 e. The van der Waals surface area contributed by atoms with Crippen LogP contribution in [0.5, 0.6) is 0 Å². The van der Waals surface area contributed by atoms with Crippen molar-refractivity contribution in [1.82, 2.24) is 4.90 Å². The van der Waals surface area contributed by atoms with Crippen LogP contribution in [-0.2, 0) is 0 Å². The molecule has 1 aromatic rings. The van der Waals surface area contributed by atoms with Crippen molar-refractivity contribution in [2.45, 2.75) is 0 Å². The van der Waals surface area contributed by atoms with Crippen LogP contribution in [0.15, 0.2) is 16.6 Å². The molecule has 0 atom stereocenters. The summed E-state index contributed by atoms with van der Waals surface area (Å²) in [5.41, 5.74) is -0.282. The van der Waals surface area contributed by atoms with Crippen molar-refractivity contribution in [3.8, 4) is 0 Å². The van der Waals surface area contributed by atoms with Gasteiger partial charge in [0.1, 0.15) is 0 Å². The Balaban J connectivity index is 3.33. The Bertz CT molecular complexity index is 379. The first kappa shape index (κ1) is 11.1. The monoisotopic (exact) mass is 263 g/mol. The molecule has 0 saturated carbocycles. The summed E-state index contributed by atoms with van der Waals surface area (Å²) in [4.78, 5) is 12.6. The smallest absolute Gasteiger partial charge is 0.257 e. The normalized spacial score (nSPS) is 10.1. The number of amides is 1. The minimum absolute atomic E-state index is 0.245. The van der Waals surface area contributed by atoms with Gasteiger partial charge in [-0.1, -0.05) is 0 Å². The summed E-state index contributed by atoms with van der Waals surface area (Å²) in [7, 11) is 2.94. The van der Waals surface area contributed by atoms with E-state index >= 15 is 0 Å². The number of hydrogen-bond acceptors (Lipinski definition) is 1. The zero-order chi connectivity index (χ0) is 10.9. The summed E-state index contributed by atoms with van der Waals surface area (Å²) < 4.78 is 26.3. The first-order valence-corrected chi connectivity index (χ1v) is 4.59. The topological polar surface area (TPSA) is 20.3 Å². The molecule has 0 bridgehead atoms. The highest BCUT2D eigenvalue weighted by Gasteiger charge is 2.20. The molecular formula is C9H8BrF2NO. The van der Waals surface area contributed by atoms with Gasteiger partial charge in [0.2, 0.25) is 0 Å². The Morgan fingerprint density at radius 2 is 1.93 bits per heavy atom. The van der Waals surface area contributed by atoms with Gasteiger partial charge in [0.15, 0.2) is 11.6 Å². The fraction of sp³-hybridized carbons (Fsp3) is 0.222. The fourth-order valence-electron chi connectivity index (χ4n) is 0.947. The van der Waals surface area contributed by atoms with E-state index < -0.39 is 17.5 Å². The van der Waals surface area contributed by atoms with Crippen molar-refractivity contribution in [1.29, 1.82) is 0 Å². The van der Waals surface area contributed by atoms with Crippen molar-refractivity contribution < 1.29 is 13.6 Å². The van der Waals surface area contributed by atoms with E-state index in [1.807, 2.05) is 0 Å². The maximum atomic E-state index is 13.2. The maximum absolute atomic E-state index is 13.2. The first-order chi connectivity index (χ1) is 6.45. The summed E-state index contributed by atoms with van der Waals surface area (Å²) in [6.07, 6.45) is 0. The van der Waals surface area contributed by atoms with Gasteiger partial charge in [-0.05, 0) is 28.1 Å². The zero-order valence-electron chi connectivity index (χ0n) is 7.64. The van der Waals surface area contributed by atoms with Gasteiger partial charge in [-0.15, -0.1) is 0 Å². The summed E-state index contributed by atoms with van der Waals surface area (Å²) in [6, 6.07) is 2.26. The van der Waals surface area contributed by atoms with Crippen molar-refractivity contribution in [2.75, 3.05) is 14.1 Å². The van der Waals surface area contributed by atoms with Crippen LogP contribution in [0.25, 0.3) is 0 Å². The molecule has 1 rings (SSSR count). The largest absolute Gasteiger partial charge is 0.345 e. The molecule has 0 radical (unpaired) electrons. The van der Waals surface area contributed by atoms with Crippen LogP contribution in [-0.4, -0.2) is 24.9 Å². The van der Waals surface area contributed by atoms with E-state index in [-0.39, 0.29) is 10.0 Å². The molecule has 0 spiro atoms. The molecule has 1 aromatic carbocycles. The van der Waals surface area contributed by atoms with Crippen molar-refractivity contribution in [3.63, 3.8) is 0 Å². The molecule has 76 valence electrons. The molecular weight excluding hydrogens is 256 g/mol. The molecule has 1 amide bonds. The van der Waals surface area contributed by atoms with Gasteiger partial charge >= 0.3 is 0 Å². The van der Waals surface area contributed by atoms with Gasteiger partial charge < -0.3 is 4.90 Å². The van der Waals surface area contributed by atoms with Gasteiger partial charge in [-0.2, -0.15) is 0 Å². The highest BCUT2D eigenvalue weighted by Crippen LogP contribution is 2.22. The molecule has 0 unspecified atom stereocenters. The predicted molar refractivity (Wildman–Crippen MR) is 52.1 cm³/mol. The lowest BCUT2D eigenvalue weighted by Gasteiger charge is -2.12. The van der Waals surface area contributed by atoms with Gasteiger partial charge in [0, 0.05) is 18.6 Å². The van der Waals surface area contributed by atoms with Crippen molar-refractivity contribution >= 4 is 21.8 Å². The molecule has 0 heterocycles. The Morgan fingerprint density at radius 1 is 1.36 bits per heavy atom. The summed E-state index contributed by atoms with van der Waals surface area (Å²) in [5.74, 6) is -2.73. The fourth-order valence-corrected chi connectivity index (χ4v) is 1.42. The summed E-state index contributed by atoms with van der Waals surface area (Å²) >= 11 is 3.00. The molecule has 0 aliphatic carbocycles. The lowest BCUT2D eigenvalue weighted by Crippen LogP contribution is -2.23. The molecule has 2 nitrogen and oxygen atoms in total. The predicted octanol–water partition coefficient (Wildman–Crippen LogP) is 2.43. The van der Waals surface area contributed by atoms with E-state index in [0.29, 0.717) is 0 Å². The van der Waals surface area contributed by atoms with Crippen LogP contribution in [0.3, 0.4) is 0 Å². The third-order valence-electron chi connectivity index (χ3n) is 1.66. The zero-order valence-corrected chi connectivity index (χ0v) is 9.23. The second-order valence-electron chi connectivity index (χ2n) is 2.92. The van der Waals surface area contributed by atoms with Crippen LogP contribution < -0.4 is 0 Å². The van der Waals surface area contributed by atoms with Crippen molar-refractivity contribution in [2.24, 2.45) is 0 Å². The third-order valence-corrected chi connectivity index (χ3v) is 2.32. The Morgan fingerprint density at radius 3 is 2.43 bits per heavy atom. The lowest BCUT2D eigenvalue weighted by atomic mass is 10.2. The Labute approximate surface area is 88.6 Å². The molecule has 0 N–H and O–H groups in total. The lowest BCUT2D eigenvalue weighted by molar-refractivity contribution is 0.0821. The SMILES string of the molecule is CN(C)C(=O)c1c(Br)ccc(F)c1F. The minimum atomic E-state index is -1.13. The quantitative estimate of drug-likeness (QED) is 0.713. The highest BCUT2D eigenvalue weighted by molar-refractivity contribution is 9.10. The first-order valence-electron chi connectivity index (χ1n) is 3.80. The van der Waals surface area contributed by atoms with Crippen LogP contribution in [0.1, 0.15) is 10.4 Å². The van der Waals surface area contributed by atoms with Crippen LogP contribution >= 0.6 is 15.9 Å². The van der Waals surface area contributed by atoms with E-state index in [0.717, 1.165) is 6.07 Å². The molecule has 0 saturated heterocycles. The molecule has 14 heavy (non-hydrogen) atoms. The average Bonchev–Trinajstić information content (AvgIpc) is 2.12. The van der Waals surface area contributed by atoms with E-state index in [1.165, 1.54) is 25.1 Å². The molecule has 5 heteroatoms. The summed E-state index contributed by atoms with van der Waals surface area (Å²) in [6.45, 7) is 0. The van der Waals surface area contributed by atoms with E-state index in [9.17, 15) is 13.6 Å². The van der Waals surface area contributed by atoms with E-state index in [1.54, 1.807) is 0 Å². The number of benzene rings is 1. The molecule has 0 fully saturated rings. The van der Waals surface area contributed by atoms with E-state index in [2.05, 4.69) is 15.9 Å².